The molecule has 90 valence electrons. The number of anilines is 2. The molecule has 0 aliphatic heterocycles. The van der Waals surface area contributed by atoms with E-state index in [-0.39, 0.29) is 0 Å². The smallest absolute Gasteiger partial charge is 0.151 e. The lowest BCUT2D eigenvalue weighted by Gasteiger charge is -2.18. The van der Waals surface area contributed by atoms with Crippen LogP contribution < -0.4 is 10.2 Å². The lowest BCUT2D eigenvalue weighted by Crippen LogP contribution is -2.16. The van der Waals surface area contributed by atoms with Crippen molar-refractivity contribution in [2.75, 3.05) is 30.9 Å². The summed E-state index contributed by atoms with van der Waals surface area (Å²) < 4.78 is 0. The maximum absolute atomic E-state index is 4.37. The topological polar surface area (TPSA) is 28.2 Å². The first kappa shape index (κ1) is 12.8. The lowest BCUT2D eigenvalue weighted by molar-refractivity contribution is 0.550. The second-order valence-corrected chi connectivity index (χ2v) is 4.54. The molecule has 1 atom stereocenters. The van der Waals surface area contributed by atoms with Crippen LogP contribution in [0.1, 0.15) is 26.7 Å². The van der Waals surface area contributed by atoms with Crippen molar-refractivity contribution in [3.05, 3.63) is 18.3 Å². The SMILES string of the molecule is CCCC(C)CNc1cccnc1N(C)C. The van der Waals surface area contributed by atoms with Gasteiger partial charge in [-0.2, -0.15) is 0 Å². The summed E-state index contributed by atoms with van der Waals surface area (Å²) in [6.07, 6.45) is 4.34. The van der Waals surface area contributed by atoms with Crippen LogP contribution >= 0.6 is 0 Å². The van der Waals surface area contributed by atoms with E-state index in [9.17, 15) is 0 Å². The van der Waals surface area contributed by atoms with Gasteiger partial charge in [0.05, 0.1) is 5.69 Å². The summed E-state index contributed by atoms with van der Waals surface area (Å²) in [5, 5.41) is 3.48. The van der Waals surface area contributed by atoms with Crippen molar-refractivity contribution in [2.24, 2.45) is 5.92 Å². The van der Waals surface area contributed by atoms with Crippen LogP contribution in [-0.4, -0.2) is 25.6 Å². The summed E-state index contributed by atoms with van der Waals surface area (Å²) in [5.41, 5.74) is 1.12. The van der Waals surface area contributed by atoms with E-state index in [2.05, 4.69) is 30.2 Å². The van der Waals surface area contributed by atoms with Crippen LogP contribution in [0.2, 0.25) is 0 Å². The van der Waals surface area contributed by atoms with Gasteiger partial charge < -0.3 is 10.2 Å². The highest BCUT2D eigenvalue weighted by atomic mass is 15.2. The fourth-order valence-corrected chi connectivity index (χ4v) is 1.77. The molecule has 0 aromatic carbocycles. The minimum atomic E-state index is 0.709. The van der Waals surface area contributed by atoms with E-state index in [1.54, 1.807) is 0 Å². The van der Waals surface area contributed by atoms with Crippen molar-refractivity contribution in [3.63, 3.8) is 0 Å². The molecular weight excluding hydrogens is 198 g/mol. The van der Waals surface area contributed by atoms with E-state index in [0.717, 1.165) is 18.1 Å². The molecule has 3 nitrogen and oxygen atoms in total. The van der Waals surface area contributed by atoms with E-state index in [1.807, 2.05) is 31.3 Å². The van der Waals surface area contributed by atoms with Crippen molar-refractivity contribution in [1.82, 2.24) is 4.98 Å². The lowest BCUT2D eigenvalue weighted by atomic mass is 10.1. The maximum Gasteiger partial charge on any atom is 0.151 e. The predicted octanol–water partition coefficient (Wildman–Crippen LogP) is 3.00. The van der Waals surface area contributed by atoms with Crippen LogP contribution in [-0.2, 0) is 0 Å². The zero-order valence-electron chi connectivity index (χ0n) is 10.8. The molecule has 0 bridgehead atoms. The molecule has 0 fully saturated rings. The Bertz CT molecular complexity index is 310. The van der Waals surface area contributed by atoms with Crippen molar-refractivity contribution in [3.8, 4) is 0 Å². The summed E-state index contributed by atoms with van der Waals surface area (Å²) in [6.45, 7) is 5.52. The van der Waals surface area contributed by atoms with Crippen LogP contribution in [0.25, 0.3) is 0 Å². The Hall–Kier alpha value is -1.25. The van der Waals surface area contributed by atoms with Crippen LogP contribution in [0.3, 0.4) is 0 Å². The van der Waals surface area contributed by atoms with E-state index >= 15 is 0 Å². The number of hydrogen-bond acceptors (Lipinski definition) is 3. The molecule has 0 aliphatic rings. The van der Waals surface area contributed by atoms with Gasteiger partial charge in [0.25, 0.3) is 0 Å². The van der Waals surface area contributed by atoms with Gasteiger partial charge in [0.2, 0.25) is 0 Å². The number of hydrogen-bond donors (Lipinski definition) is 1. The number of rotatable bonds is 6. The summed E-state index contributed by atoms with van der Waals surface area (Å²) >= 11 is 0. The average Bonchev–Trinajstić information content (AvgIpc) is 2.27. The fourth-order valence-electron chi connectivity index (χ4n) is 1.77. The third-order valence-corrected chi connectivity index (χ3v) is 2.63. The van der Waals surface area contributed by atoms with Gasteiger partial charge in [-0.3, -0.25) is 0 Å². The van der Waals surface area contributed by atoms with Crippen molar-refractivity contribution in [2.45, 2.75) is 26.7 Å². The highest BCUT2D eigenvalue weighted by Gasteiger charge is 2.06. The molecule has 0 radical (unpaired) electrons. The number of aromatic nitrogens is 1. The molecule has 1 unspecified atom stereocenters. The van der Waals surface area contributed by atoms with Gasteiger partial charge in [-0.15, -0.1) is 0 Å². The van der Waals surface area contributed by atoms with Gasteiger partial charge in [-0.1, -0.05) is 20.3 Å². The monoisotopic (exact) mass is 221 g/mol. The third-order valence-electron chi connectivity index (χ3n) is 2.63. The second kappa shape index (κ2) is 6.36. The summed E-state index contributed by atoms with van der Waals surface area (Å²) in [7, 11) is 4.03. The Morgan fingerprint density at radius 3 is 2.81 bits per heavy atom. The van der Waals surface area contributed by atoms with Crippen LogP contribution in [0, 0.1) is 5.92 Å². The molecule has 1 rings (SSSR count). The van der Waals surface area contributed by atoms with Gasteiger partial charge in [0.1, 0.15) is 0 Å². The normalized spacial score (nSPS) is 12.2. The van der Waals surface area contributed by atoms with E-state index < -0.39 is 0 Å². The number of nitrogens with zero attached hydrogens (tertiary/aromatic N) is 2. The standard InChI is InChI=1S/C13H23N3/c1-5-7-11(2)10-15-12-8-6-9-14-13(12)16(3)4/h6,8-9,11,15H,5,7,10H2,1-4H3. The minimum absolute atomic E-state index is 0.709. The third kappa shape index (κ3) is 3.72. The van der Waals surface area contributed by atoms with E-state index in [0.29, 0.717) is 5.92 Å². The fraction of sp³-hybridized carbons (Fsp3) is 0.615. The highest BCUT2D eigenvalue weighted by Crippen LogP contribution is 2.20. The zero-order valence-corrected chi connectivity index (χ0v) is 10.8. The van der Waals surface area contributed by atoms with Gasteiger partial charge in [-0.25, -0.2) is 4.98 Å². The van der Waals surface area contributed by atoms with Gasteiger partial charge in [0.15, 0.2) is 5.82 Å². The van der Waals surface area contributed by atoms with E-state index in [1.165, 1.54) is 12.8 Å². The van der Waals surface area contributed by atoms with E-state index in [4.69, 9.17) is 0 Å². The van der Waals surface area contributed by atoms with Gasteiger partial charge in [0, 0.05) is 26.8 Å². The molecule has 1 aromatic rings. The quantitative estimate of drug-likeness (QED) is 0.800. The molecule has 0 spiro atoms. The molecule has 1 heterocycles. The Morgan fingerprint density at radius 1 is 1.44 bits per heavy atom. The largest absolute Gasteiger partial charge is 0.382 e. The number of nitrogens with one attached hydrogen (secondary N) is 1. The molecule has 16 heavy (non-hydrogen) atoms. The first-order valence-electron chi connectivity index (χ1n) is 6.01. The molecule has 3 heteroatoms. The first-order chi connectivity index (χ1) is 7.65. The van der Waals surface area contributed by atoms with Crippen LogP contribution in [0.5, 0.6) is 0 Å². The Balaban J connectivity index is 2.59. The molecule has 0 amide bonds. The predicted molar refractivity (Wildman–Crippen MR) is 71.1 cm³/mol. The van der Waals surface area contributed by atoms with Crippen molar-refractivity contribution in [1.29, 1.82) is 0 Å². The molecule has 0 aliphatic carbocycles. The molecule has 1 aromatic heterocycles. The minimum Gasteiger partial charge on any atom is -0.382 e. The molecular formula is C13H23N3. The zero-order chi connectivity index (χ0) is 12.0. The highest BCUT2D eigenvalue weighted by molar-refractivity contribution is 5.64. The first-order valence-corrected chi connectivity index (χ1v) is 6.01. The van der Waals surface area contributed by atoms with Crippen molar-refractivity contribution >= 4 is 11.5 Å². The Labute approximate surface area is 98.9 Å². The number of pyridine rings is 1. The van der Waals surface area contributed by atoms with Crippen LogP contribution in [0.4, 0.5) is 11.5 Å². The molecule has 0 saturated carbocycles. The summed E-state index contributed by atoms with van der Waals surface area (Å²) in [5.74, 6) is 1.71. The molecule has 1 N–H and O–H groups in total. The molecule has 0 saturated heterocycles. The van der Waals surface area contributed by atoms with Gasteiger partial charge >= 0.3 is 0 Å². The van der Waals surface area contributed by atoms with Gasteiger partial charge in [-0.05, 0) is 24.5 Å². The summed E-state index contributed by atoms with van der Waals surface area (Å²) in [6, 6.07) is 4.06. The summed E-state index contributed by atoms with van der Waals surface area (Å²) in [4.78, 5) is 6.40. The Kier molecular flexibility index (Phi) is 5.09. The van der Waals surface area contributed by atoms with Crippen LogP contribution in [0.15, 0.2) is 18.3 Å². The Morgan fingerprint density at radius 2 is 2.19 bits per heavy atom. The maximum atomic E-state index is 4.37. The second-order valence-electron chi connectivity index (χ2n) is 4.54. The average molecular weight is 221 g/mol. The van der Waals surface area contributed by atoms with Crippen molar-refractivity contribution < 1.29 is 0 Å².